The van der Waals surface area contributed by atoms with Crippen LogP contribution < -0.4 is 16.6 Å². The number of aromatic nitrogens is 1. The van der Waals surface area contributed by atoms with Crippen LogP contribution in [0.3, 0.4) is 0 Å². The molecule has 4 N–H and O–H groups in total. The Morgan fingerprint density at radius 3 is 3.14 bits per heavy atom. The van der Waals surface area contributed by atoms with Gasteiger partial charge in [-0.3, -0.25) is 5.43 Å². The van der Waals surface area contributed by atoms with Crippen molar-refractivity contribution in [2.75, 3.05) is 6.54 Å². The summed E-state index contributed by atoms with van der Waals surface area (Å²) in [6.45, 7) is 0.856. The number of thioether (sulfide) groups is 1. The number of nitrogens with zero attached hydrogens (tertiary/aromatic N) is 1. The third-order valence-electron chi connectivity index (χ3n) is 1.96. The summed E-state index contributed by atoms with van der Waals surface area (Å²) in [5.41, 5.74) is 11.8. The lowest BCUT2D eigenvalue weighted by atomic mass is 10.4. The molecule has 0 saturated carbocycles. The minimum absolute atomic E-state index is 0.0195. The molecule has 14 heavy (non-hydrogen) atoms. The zero-order chi connectivity index (χ0) is 9.97. The van der Waals surface area contributed by atoms with Crippen molar-refractivity contribution in [3.05, 3.63) is 22.8 Å². The summed E-state index contributed by atoms with van der Waals surface area (Å²) in [5, 5.41) is 1.31. The molecule has 1 aliphatic rings. The predicted octanol–water partition coefficient (Wildman–Crippen LogP) is 0.697. The van der Waals surface area contributed by atoms with Crippen LogP contribution in [0.25, 0.3) is 0 Å². The Labute approximate surface area is 95.1 Å². The van der Waals surface area contributed by atoms with E-state index in [1.165, 1.54) is 0 Å². The van der Waals surface area contributed by atoms with Gasteiger partial charge in [0.25, 0.3) is 0 Å². The van der Waals surface area contributed by atoms with E-state index in [-0.39, 0.29) is 6.17 Å². The molecular formula is C8H11BrN4S. The Hall–Kier alpha value is -0.140. The predicted molar refractivity (Wildman–Crippen MR) is 60.7 cm³/mol. The molecule has 6 heteroatoms. The van der Waals surface area contributed by atoms with Crippen molar-refractivity contribution >= 4 is 27.7 Å². The number of nitrogens with one attached hydrogen (secondary N) is 2. The second-order valence-electron chi connectivity index (χ2n) is 3.00. The molecule has 0 bridgehead atoms. The molecule has 1 saturated heterocycles. The van der Waals surface area contributed by atoms with Gasteiger partial charge in [-0.15, -0.1) is 0 Å². The van der Waals surface area contributed by atoms with E-state index < -0.39 is 0 Å². The van der Waals surface area contributed by atoms with Gasteiger partial charge in [0.05, 0.1) is 11.4 Å². The van der Waals surface area contributed by atoms with Gasteiger partial charge >= 0.3 is 0 Å². The van der Waals surface area contributed by atoms with Gasteiger partial charge in [0, 0.05) is 17.2 Å². The zero-order valence-electron chi connectivity index (χ0n) is 7.40. The van der Waals surface area contributed by atoms with Gasteiger partial charge in [-0.05, 0) is 28.1 Å². The maximum absolute atomic E-state index is 5.84. The van der Waals surface area contributed by atoms with Crippen LogP contribution in [-0.2, 0) is 0 Å². The van der Waals surface area contributed by atoms with Crippen molar-refractivity contribution < 1.29 is 0 Å². The van der Waals surface area contributed by atoms with Crippen molar-refractivity contribution in [3.8, 4) is 0 Å². The fraction of sp³-hybridized carbons (Fsp3) is 0.375. The molecule has 4 nitrogen and oxygen atoms in total. The number of nitrogens with two attached hydrogens (primary N) is 1. The number of halogens is 1. The monoisotopic (exact) mass is 274 g/mol. The molecular weight excluding hydrogens is 264 g/mol. The lowest BCUT2D eigenvalue weighted by molar-refractivity contribution is 0.576. The van der Waals surface area contributed by atoms with Crippen molar-refractivity contribution in [2.24, 2.45) is 5.73 Å². The Kier molecular flexibility index (Phi) is 3.40. The standard InChI is InChI=1S/C8H11BrN4S/c9-5-2-1-3-11-8(5)14-6-4-12-13-7(6)10/h1-3,6-7,12-13H,4,10H2. The van der Waals surface area contributed by atoms with Crippen LogP contribution in [0.4, 0.5) is 0 Å². The van der Waals surface area contributed by atoms with E-state index in [1.807, 2.05) is 12.1 Å². The molecule has 2 rings (SSSR count). The Morgan fingerprint density at radius 1 is 1.64 bits per heavy atom. The summed E-state index contributed by atoms with van der Waals surface area (Å²) in [7, 11) is 0. The highest BCUT2D eigenvalue weighted by Gasteiger charge is 2.25. The average Bonchev–Trinajstić information content (AvgIpc) is 2.56. The van der Waals surface area contributed by atoms with Crippen LogP contribution in [0.1, 0.15) is 0 Å². The third kappa shape index (κ3) is 2.26. The van der Waals surface area contributed by atoms with Gasteiger partial charge in [0.2, 0.25) is 0 Å². The van der Waals surface area contributed by atoms with Crippen molar-refractivity contribution in [1.82, 2.24) is 15.8 Å². The first-order valence-corrected chi connectivity index (χ1v) is 5.96. The molecule has 0 radical (unpaired) electrons. The molecule has 2 atom stereocenters. The van der Waals surface area contributed by atoms with E-state index in [2.05, 4.69) is 31.8 Å². The van der Waals surface area contributed by atoms with Gasteiger partial charge in [-0.25, -0.2) is 10.4 Å². The number of pyridine rings is 1. The lowest BCUT2D eigenvalue weighted by Crippen LogP contribution is -2.40. The van der Waals surface area contributed by atoms with Crippen LogP contribution >= 0.6 is 27.7 Å². The fourth-order valence-electron chi connectivity index (χ4n) is 1.21. The Morgan fingerprint density at radius 2 is 2.50 bits per heavy atom. The van der Waals surface area contributed by atoms with Crippen molar-refractivity contribution in [1.29, 1.82) is 0 Å². The highest BCUT2D eigenvalue weighted by molar-refractivity contribution is 9.10. The average molecular weight is 275 g/mol. The van der Waals surface area contributed by atoms with Crippen LogP contribution in [0.5, 0.6) is 0 Å². The normalized spacial score (nSPS) is 26.7. The molecule has 1 aliphatic heterocycles. The number of rotatable bonds is 2. The molecule has 0 aliphatic carbocycles. The molecule has 2 unspecified atom stereocenters. The summed E-state index contributed by atoms with van der Waals surface area (Å²) in [6.07, 6.45) is 1.77. The number of hydrazine groups is 1. The van der Waals surface area contributed by atoms with Crippen LogP contribution in [0, 0.1) is 0 Å². The first kappa shape index (κ1) is 10.4. The maximum Gasteiger partial charge on any atom is 0.111 e. The van der Waals surface area contributed by atoms with Crippen molar-refractivity contribution in [2.45, 2.75) is 16.4 Å². The van der Waals surface area contributed by atoms with Crippen LogP contribution in [0.15, 0.2) is 27.8 Å². The van der Waals surface area contributed by atoms with E-state index in [0.29, 0.717) is 5.25 Å². The zero-order valence-corrected chi connectivity index (χ0v) is 9.81. The van der Waals surface area contributed by atoms with Gasteiger partial charge < -0.3 is 5.73 Å². The topological polar surface area (TPSA) is 63.0 Å². The SMILES string of the molecule is NC1NNCC1Sc1ncccc1Br. The lowest BCUT2D eigenvalue weighted by Gasteiger charge is -2.12. The second kappa shape index (κ2) is 4.59. The summed E-state index contributed by atoms with van der Waals surface area (Å²) in [5.74, 6) is 0. The first-order valence-electron chi connectivity index (χ1n) is 4.28. The number of hydrogen-bond donors (Lipinski definition) is 3. The molecule has 2 heterocycles. The van der Waals surface area contributed by atoms with Crippen molar-refractivity contribution in [3.63, 3.8) is 0 Å². The fourth-order valence-corrected chi connectivity index (χ4v) is 2.72. The summed E-state index contributed by atoms with van der Waals surface area (Å²) < 4.78 is 1.02. The maximum atomic E-state index is 5.84. The largest absolute Gasteiger partial charge is 0.314 e. The Bertz CT molecular complexity index is 322. The molecule has 0 aromatic carbocycles. The molecule has 0 spiro atoms. The highest BCUT2D eigenvalue weighted by atomic mass is 79.9. The Balaban J connectivity index is 2.07. The van der Waals surface area contributed by atoms with Gasteiger partial charge in [0.15, 0.2) is 0 Å². The molecule has 76 valence electrons. The van der Waals surface area contributed by atoms with Gasteiger partial charge in [0.1, 0.15) is 5.03 Å². The number of hydrogen-bond acceptors (Lipinski definition) is 5. The third-order valence-corrected chi connectivity index (χ3v) is 4.17. The van der Waals surface area contributed by atoms with Gasteiger partial charge in [-0.2, -0.15) is 0 Å². The van der Waals surface area contributed by atoms with Crippen LogP contribution in [0.2, 0.25) is 0 Å². The summed E-state index contributed by atoms with van der Waals surface area (Å²) >= 11 is 5.14. The summed E-state index contributed by atoms with van der Waals surface area (Å²) in [4.78, 5) is 4.28. The highest BCUT2D eigenvalue weighted by Crippen LogP contribution is 2.29. The second-order valence-corrected chi connectivity index (χ2v) is 5.08. The molecule has 0 amide bonds. The minimum atomic E-state index is -0.0195. The quantitative estimate of drug-likeness (QED) is 0.741. The van der Waals surface area contributed by atoms with Gasteiger partial charge in [-0.1, -0.05) is 11.8 Å². The molecule has 1 aromatic heterocycles. The van der Waals surface area contributed by atoms with E-state index in [1.54, 1.807) is 18.0 Å². The van der Waals surface area contributed by atoms with E-state index in [0.717, 1.165) is 16.0 Å². The van der Waals surface area contributed by atoms with E-state index >= 15 is 0 Å². The molecule has 1 aromatic rings. The minimum Gasteiger partial charge on any atom is -0.314 e. The van der Waals surface area contributed by atoms with E-state index in [9.17, 15) is 0 Å². The summed E-state index contributed by atoms with van der Waals surface area (Å²) in [6, 6.07) is 3.88. The van der Waals surface area contributed by atoms with Crippen LogP contribution in [-0.4, -0.2) is 22.9 Å². The smallest absolute Gasteiger partial charge is 0.111 e. The molecule has 1 fully saturated rings. The van der Waals surface area contributed by atoms with E-state index in [4.69, 9.17) is 5.73 Å². The first-order chi connectivity index (χ1) is 6.77.